The number of carbonyl (C=O) groups excluding carboxylic acids is 2. The molecule has 0 radical (unpaired) electrons. The van der Waals surface area contributed by atoms with Gasteiger partial charge in [0.2, 0.25) is 0 Å². The van der Waals surface area contributed by atoms with E-state index in [-0.39, 0.29) is 5.69 Å². The average Bonchev–Trinajstić information content (AvgIpc) is 3.46. The molecule has 0 saturated carbocycles. The van der Waals surface area contributed by atoms with Gasteiger partial charge in [0.15, 0.2) is 5.69 Å². The van der Waals surface area contributed by atoms with Crippen LogP contribution in [0.4, 0.5) is 0 Å². The van der Waals surface area contributed by atoms with Crippen LogP contribution in [0.5, 0.6) is 0 Å². The number of carbonyl (C=O) groups is 2. The van der Waals surface area contributed by atoms with Crippen LogP contribution in [0.1, 0.15) is 20.8 Å². The normalized spacial score (nSPS) is 10.6. The maximum Gasteiger partial charge on any atom is 0.290 e. The minimum atomic E-state index is -0.576. The predicted molar refractivity (Wildman–Crippen MR) is 108 cm³/mol. The van der Waals surface area contributed by atoms with Crippen LogP contribution < -0.4 is 10.9 Å². The fourth-order valence-electron chi connectivity index (χ4n) is 2.51. The molecule has 10 nitrogen and oxygen atoms in total. The maximum atomic E-state index is 12.3. The van der Waals surface area contributed by atoms with E-state index in [0.29, 0.717) is 27.0 Å². The van der Waals surface area contributed by atoms with Crippen molar-refractivity contribution in [3.05, 3.63) is 82.4 Å². The summed E-state index contributed by atoms with van der Waals surface area (Å²) in [7, 11) is 0. The first-order valence-electron chi connectivity index (χ1n) is 8.46. The van der Waals surface area contributed by atoms with Gasteiger partial charge in [0.25, 0.3) is 11.8 Å². The van der Waals surface area contributed by atoms with Crippen LogP contribution >= 0.6 is 23.2 Å². The van der Waals surface area contributed by atoms with E-state index in [2.05, 4.69) is 31.5 Å². The molecule has 0 spiro atoms. The summed E-state index contributed by atoms with van der Waals surface area (Å²) in [5, 5.41) is 15.8. The third-order valence-corrected chi connectivity index (χ3v) is 4.76. The number of halogens is 2. The Hall–Kier alpha value is -3.76. The largest absolute Gasteiger partial charge is 0.290 e. The number of nitrogens with one attached hydrogen (secondary N) is 2. The molecular weight excluding hydrogens is 431 g/mol. The molecule has 2 amide bonds. The SMILES string of the molecule is O=C(NNC(=O)c1ccn(-c2ccc(Cl)c(Cl)c2)n1)c1ccc(-n2cnnn2)cc1. The van der Waals surface area contributed by atoms with E-state index in [1.807, 2.05) is 0 Å². The Kier molecular flexibility index (Phi) is 5.42. The van der Waals surface area contributed by atoms with E-state index in [9.17, 15) is 9.59 Å². The summed E-state index contributed by atoms with van der Waals surface area (Å²) in [6.07, 6.45) is 3.03. The van der Waals surface area contributed by atoms with Gasteiger partial charge in [0.1, 0.15) is 6.33 Å². The molecule has 0 atom stereocenters. The van der Waals surface area contributed by atoms with Gasteiger partial charge in [-0.1, -0.05) is 23.2 Å². The van der Waals surface area contributed by atoms with E-state index in [0.717, 1.165) is 0 Å². The first-order chi connectivity index (χ1) is 14.5. The predicted octanol–water partition coefficient (Wildman–Crippen LogP) is 2.23. The molecule has 30 heavy (non-hydrogen) atoms. The van der Waals surface area contributed by atoms with Gasteiger partial charge < -0.3 is 0 Å². The minimum absolute atomic E-state index is 0.107. The first-order valence-corrected chi connectivity index (χ1v) is 9.22. The van der Waals surface area contributed by atoms with Crippen molar-refractivity contribution in [2.75, 3.05) is 0 Å². The van der Waals surface area contributed by atoms with Gasteiger partial charge in [-0.15, -0.1) is 5.10 Å². The molecule has 0 unspecified atom stereocenters. The summed E-state index contributed by atoms with van der Waals surface area (Å²) >= 11 is 11.9. The molecule has 4 aromatic rings. The lowest BCUT2D eigenvalue weighted by molar-refractivity contribution is 0.0843. The van der Waals surface area contributed by atoms with Crippen LogP contribution in [0.2, 0.25) is 10.0 Å². The standard InChI is InChI=1S/C18H12Cl2N8O2/c19-14-6-5-13(9-15(14)20)27-8-7-16(24-27)18(30)23-22-17(29)11-1-3-12(4-2-11)28-10-21-25-26-28/h1-10H,(H,22,29)(H,23,30). The zero-order valence-corrected chi connectivity index (χ0v) is 16.5. The van der Waals surface area contributed by atoms with Crippen LogP contribution in [0.15, 0.2) is 61.1 Å². The highest BCUT2D eigenvalue weighted by atomic mass is 35.5. The first kappa shape index (κ1) is 19.6. The quantitative estimate of drug-likeness (QED) is 0.467. The van der Waals surface area contributed by atoms with Crippen molar-refractivity contribution in [3.8, 4) is 11.4 Å². The van der Waals surface area contributed by atoms with Crippen LogP contribution in [-0.2, 0) is 0 Å². The fourth-order valence-corrected chi connectivity index (χ4v) is 2.80. The van der Waals surface area contributed by atoms with Crippen LogP contribution in [0.25, 0.3) is 11.4 Å². The summed E-state index contributed by atoms with van der Waals surface area (Å²) in [4.78, 5) is 24.5. The molecule has 12 heteroatoms. The number of nitrogens with zero attached hydrogens (tertiary/aromatic N) is 6. The monoisotopic (exact) mass is 442 g/mol. The average molecular weight is 443 g/mol. The van der Waals surface area contributed by atoms with Crippen molar-refractivity contribution < 1.29 is 9.59 Å². The molecule has 0 fully saturated rings. The van der Waals surface area contributed by atoms with Gasteiger partial charge in [0, 0.05) is 11.8 Å². The highest BCUT2D eigenvalue weighted by molar-refractivity contribution is 6.42. The lowest BCUT2D eigenvalue weighted by Crippen LogP contribution is -2.41. The number of rotatable bonds is 4. The Balaban J connectivity index is 1.38. The Morgan fingerprint density at radius 3 is 2.27 bits per heavy atom. The number of hydrazine groups is 1. The second-order valence-corrected chi connectivity index (χ2v) is 6.77. The molecule has 0 aliphatic heterocycles. The van der Waals surface area contributed by atoms with Crippen molar-refractivity contribution in [1.29, 1.82) is 0 Å². The number of amides is 2. The third kappa shape index (κ3) is 4.14. The smallest absolute Gasteiger partial charge is 0.267 e. The van der Waals surface area contributed by atoms with Gasteiger partial charge in [-0.2, -0.15) is 5.10 Å². The minimum Gasteiger partial charge on any atom is -0.267 e. The Bertz CT molecular complexity index is 1210. The number of hydrogen-bond donors (Lipinski definition) is 2. The topological polar surface area (TPSA) is 120 Å². The van der Waals surface area contributed by atoms with E-state index < -0.39 is 11.8 Å². The summed E-state index contributed by atoms with van der Waals surface area (Å²) in [6.45, 7) is 0. The Morgan fingerprint density at radius 1 is 0.833 bits per heavy atom. The second-order valence-electron chi connectivity index (χ2n) is 5.95. The van der Waals surface area contributed by atoms with Gasteiger partial charge >= 0.3 is 0 Å². The summed E-state index contributed by atoms with van der Waals surface area (Å²) in [5.74, 6) is -1.07. The fraction of sp³-hybridized carbons (Fsp3) is 0. The van der Waals surface area contributed by atoms with Crippen molar-refractivity contribution in [2.45, 2.75) is 0 Å². The summed E-state index contributed by atoms with van der Waals surface area (Å²) in [5.41, 5.74) is 6.44. The number of tetrazole rings is 1. The number of benzene rings is 2. The molecule has 2 heterocycles. The van der Waals surface area contributed by atoms with Crippen molar-refractivity contribution in [1.82, 2.24) is 40.8 Å². The maximum absolute atomic E-state index is 12.3. The molecule has 150 valence electrons. The molecule has 2 N–H and O–H groups in total. The van der Waals surface area contributed by atoms with E-state index in [4.69, 9.17) is 23.2 Å². The van der Waals surface area contributed by atoms with Crippen molar-refractivity contribution in [3.63, 3.8) is 0 Å². The molecule has 2 aromatic carbocycles. The Labute approximate surface area is 179 Å². The van der Waals surface area contributed by atoms with E-state index in [1.54, 1.807) is 48.7 Å². The zero-order chi connectivity index (χ0) is 21.1. The van der Waals surface area contributed by atoms with E-state index in [1.165, 1.54) is 21.8 Å². The second kappa shape index (κ2) is 8.31. The molecule has 0 aliphatic carbocycles. The van der Waals surface area contributed by atoms with Gasteiger partial charge in [-0.05, 0) is 59.0 Å². The van der Waals surface area contributed by atoms with Gasteiger partial charge in [0.05, 0.1) is 21.4 Å². The van der Waals surface area contributed by atoms with Gasteiger partial charge in [-0.3, -0.25) is 20.4 Å². The van der Waals surface area contributed by atoms with Gasteiger partial charge in [-0.25, -0.2) is 9.36 Å². The van der Waals surface area contributed by atoms with Crippen molar-refractivity contribution >= 4 is 35.0 Å². The van der Waals surface area contributed by atoms with E-state index >= 15 is 0 Å². The summed E-state index contributed by atoms with van der Waals surface area (Å²) in [6, 6.07) is 13.0. The van der Waals surface area contributed by atoms with Crippen LogP contribution in [0, 0.1) is 0 Å². The molecule has 0 saturated heterocycles. The van der Waals surface area contributed by atoms with Crippen molar-refractivity contribution in [2.24, 2.45) is 0 Å². The molecule has 2 aromatic heterocycles. The third-order valence-electron chi connectivity index (χ3n) is 4.02. The Morgan fingerprint density at radius 2 is 1.57 bits per heavy atom. The highest BCUT2D eigenvalue weighted by Crippen LogP contribution is 2.24. The highest BCUT2D eigenvalue weighted by Gasteiger charge is 2.13. The lowest BCUT2D eigenvalue weighted by Gasteiger charge is -2.07. The number of hydrogen-bond acceptors (Lipinski definition) is 6. The molecular formula is C18H12Cl2N8O2. The van der Waals surface area contributed by atoms with Crippen LogP contribution in [-0.4, -0.2) is 41.8 Å². The summed E-state index contributed by atoms with van der Waals surface area (Å²) < 4.78 is 2.92. The molecule has 0 bridgehead atoms. The molecule has 4 rings (SSSR count). The molecule has 0 aliphatic rings. The number of aromatic nitrogens is 6. The lowest BCUT2D eigenvalue weighted by atomic mass is 10.2. The van der Waals surface area contributed by atoms with Crippen LogP contribution in [0.3, 0.4) is 0 Å². The zero-order valence-electron chi connectivity index (χ0n) is 15.0.